The standard InChI is InChI=1S/C23H21N5O3S2/c1-27-23(24-25-26-27)33-14-17-13-32-19-12-18(29)28(19)20(17)22(30)31-21(15-8-4-2-5-9-15)16-10-6-3-7-11-16/h2-11,19,21H,12-14H2,1H3/t19-/m1/s1. The zero-order valence-electron chi connectivity index (χ0n) is 17.8. The highest BCUT2D eigenvalue weighted by Gasteiger charge is 2.46. The molecular weight excluding hydrogens is 458 g/mol. The highest BCUT2D eigenvalue weighted by Crippen LogP contribution is 2.42. The van der Waals surface area contributed by atoms with Gasteiger partial charge in [0, 0.05) is 18.6 Å². The van der Waals surface area contributed by atoms with Gasteiger partial charge in [-0.2, -0.15) is 0 Å². The van der Waals surface area contributed by atoms with Crippen molar-refractivity contribution in [2.75, 3.05) is 11.5 Å². The first-order valence-corrected chi connectivity index (χ1v) is 12.5. The number of fused-ring (bicyclic) bond motifs is 1. The van der Waals surface area contributed by atoms with Crippen LogP contribution in [-0.2, 0) is 21.4 Å². The molecule has 0 radical (unpaired) electrons. The Kier molecular flexibility index (Phi) is 6.19. The third-order valence-corrected chi connectivity index (χ3v) is 7.89. The maximum absolute atomic E-state index is 13.6. The van der Waals surface area contributed by atoms with Crippen molar-refractivity contribution in [3.63, 3.8) is 0 Å². The lowest BCUT2D eigenvalue weighted by Gasteiger charge is -2.44. The molecule has 0 N–H and O–H groups in total. The Hall–Kier alpha value is -3.11. The van der Waals surface area contributed by atoms with Crippen molar-refractivity contribution < 1.29 is 14.3 Å². The van der Waals surface area contributed by atoms with Gasteiger partial charge < -0.3 is 4.74 Å². The van der Waals surface area contributed by atoms with E-state index in [0.29, 0.717) is 28.8 Å². The number of thioether (sulfide) groups is 2. The minimum atomic E-state index is -0.575. The fourth-order valence-electron chi connectivity index (χ4n) is 3.82. The lowest BCUT2D eigenvalue weighted by Crippen LogP contribution is -2.54. The molecule has 0 saturated carbocycles. The lowest BCUT2D eigenvalue weighted by atomic mass is 10.0. The van der Waals surface area contributed by atoms with Gasteiger partial charge in [-0.3, -0.25) is 9.69 Å². The molecule has 1 amide bonds. The molecule has 0 unspecified atom stereocenters. The van der Waals surface area contributed by atoms with Crippen LogP contribution in [-0.4, -0.2) is 53.9 Å². The van der Waals surface area contributed by atoms with Crippen molar-refractivity contribution in [2.24, 2.45) is 7.05 Å². The second kappa shape index (κ2) is 9.40. The molecule has 33 heavy (non-hydrogen) atoms. The van der Waals surface area contributed by atoms with E-state index in [1.807, 2.05) is 60.7 Å². The van der Waals surface area contributed by atoms with Crippen LogP contribution >= 0.6 is 23.5 Å². The van der Waals surface area contributed by atoms with Crippen LogP contribution in [0.5, 0.6) is 0 Å². The van der Waals surface area contributed by atoms with Crippen LogP contribution in [0.3, 0.4) is 0 Å². The van der Waals surface area contributed by atoms with E-state index in [2.05, 4.69) is 15.5 Å². The van der Waals surface area contributed by atoms with Crippen molar-refractivity contribution >= 4 is 35.4 Å². The fourth-order valence-corrected chi connectivity index (χ4v) is 6.07. The molecule has 2 aliphatic rings. The Morgan fingerprint density at radius 2 is 1.82 bits per heavy atom. The number of amides is 1. The van der Waals surface area contributed by atoms with Crippen molar-refractivity contribution in [3.05, 3.63) is 83.1 Å². The molecule has 2 aliphatic heterocycles. The minimum Gasteiger partial charge on any atom is -0.448 e. The van der Waals surface area contributed by atoms with Crippen LogP contribution in [0, 0.1) is 0 Å². The van der Waals surface area contributed by atoms with E-state index in [1.54, 1.807) is 28.4 Å². The maximum Gasteiger partial charge on any atom is 0.356 e. The number of aromatic nitrogens is 4. The molecule has 8 nitrogen and oxygen atoms in total. The summed E-state index contributed by atoms with van der Waals surface area (Å²) in [4.78, 5) is 27.6. The first kappa shape index (κ1) is 21.7. The van der Waals surface area contributed by atoms with E-state index in [-0.39, 0.29) is 11.3 Å². The number of esters is 1. The quantitative estimate of drug-likeness (QED) is 0.290. The van der Waals surface area contributed by atoms with Gasteiger partial charge in [0.05, 0.1) is 11.8 Å². The number of nitrogens with zero attached hydrogens (tertiary/aromatic N) is 5. The zero-order chi connectivity index (χ0) is 22.8. The topological polar surface area (TPSA) is 90.2 Å². The van der Waals surface area contributed by atoms with Gasteiger partial charge in [0.1, 0.15) is 5.70 Å². The van der Waals surface area contributed by atoms with E-state index in [9.17, 15) is 9.59 Å². The zero-order valence-corrected chi connectivity index (χ0v) is 19.5. The van der Waals surface area contributed by atoms with E-state index < -0.39 is 12.1 Å². The number of carbonyl (C=O) groups excluding carboxylic acids is 2. The van der Waals surface area contributed by atoms with E-state index in [4.69, 9.17) is 4.74 Å². The summed E-state index contributed by atoms with van der Waals surface area (Å²) in [6, 6.07) is 19.3. The summed E-state index contributed by atoms with van der Waals surface area (Å²) in [6.45, 7) is 0. The summed E-state index contributed by atoms with van der Waals surface area (Å²) in [6.07, 6.45) is -0.135. The maximum atomic E-state index is 13.6. The molecule has 10 heteroatoms. The van der Waals surface area contributed by atoms with Crippen molar-refractivity contribution in [2.45, 2.75) is 23.1 Å². The molecule has 3 heterocycles. The van der Waals surface area contributed by atoms with Gasteiger partial charge in [0.15, 0.2) is 6.10 Å². The molecule has 5 rings (SSSR count). The number of aryl methyl sites for hydroxylation is 1. The van der Waals surface area contributed by atoms with Crippen LogP contribution in [0.2, 0.25) is 0 Å². The van der Waals surface area contributed by atoms with Crippen LogP contribution < -0.4 is 0 Å². The van der Waals surface area contributed by atoms with Gasteiger partial charge in [0.2, 0.25) is 11.1 Å². The largest absolute Gasteiger partial charge is 0.448 e. The molecule has 3 aromatic rings. The van der Waals surface area contributed by atoms with Crippen molar-refractivity contribution in [1.82, 2.24) is 25.1 Å². The summed E-state index contributed by atoms with van der Waals surface area (Å²) < 4.78 is 7.68. The van der Waals surface area contributed by atoms with Crippen molar-refractivity contribution in [1.29, 1.82) is 0 Å². The highest BCUT2D eigenvalue weighted by molar-refractivity contribution is 8.00. The SMILES string of the molecule is Cn1nnnc1SCC1=C(C(=O)OC(c2ccccc2)c2ccccc2)N2C(=O)C[C@H]2SC1. The minimum absolute atomic E-state index is 0.0165. The van der Waals surface area contributed by atoms with Gasteiger partial charge in [-0.25, -0.2) is 9.48 Å². The number of hydrogen-bond donors (Lipinski definition) is 0. The third kappa shape index (κ3) is 4.40. The Bertz CT molecular complexity index is 1160. The van der Waals surface area contributed by atoms with Crippen LogP contribution in [0.1, 0.15) is 23.7 Å². The second-order valence-electron chi connectivity index (χ2n) is 7.67. The van der Waals surface area contributed by atoms with Gasteiger partial charge in [-0.05, 0) is 27.1 Å². The molecule has 2 aromatic carbocycles. The third-order valence-electron chi connectivity index (χ3n) is 5.51. The molecule has 1 fully saturated rings. The normalized spacial score (nSPS) is 17.7. The molecule has 0 spiro atoms. The predicted octanol–water partition coefficient (Wildman–Crippen LogP) is 3.19. The van der Waals surface area contributed by atoms with Gasteiger partial charge in [-0.1, -0.05) is 72.4 Å². The number of hydrogen-bond acceptors (Lipinski definition) is 8. The van der Waals surface area contributed by atoms with Crippen LogP contribution in [0.25, 0.3) is 0 Å². The molecule has 0 aliphatic carbocycles. The number of carbonyl (C=O) groups is 2. The summed E-state index contributed by atoms with van der Waals surface area (Å²) in [7, 11) is 1.76. The summed E-state index contributed by atoms with van der Waals surface area (Å²) in [5, 5.41) is 12.1. The molecular formula is C23H21N5O3S2. The Morgan fingerprint density at radius 1 is 1.15 bits per heavy atom. The number of ether oxygens (including phenoxy) is 1. The molecule has 0 bridgehead atoms. The van der Waals surface area contributed by atoms with E-state index >= 15 is 0 Å². The van der Waals surface area contributed by atoms with Crippen LogP contribution in [0.4, 0.5) is 0 Å². The number of benzene rings is 2. The lowest BCUT2D eigenvalue weighted by molar-refractivity contribution is -0.151. The number of tetrazole rings is 1. The van der Waals surface area contributed by atoms with Gasteiger partial charge in [0.25, 0.3) is 0 Å². The summed E-state index contributed by atoms with van der Waals surface area (Å²) in [5.74, 6) is 0.595. The Morgan fingerprint density at radius 3 is 2.39 bits per heavy atom. The van der Waals surface area contributed by atoms with Gasteiger partial charge >= 0.3 is 5.97 Å². The monoisotopic (exact) mass is 479 g/mol. The molecule has 1 atom stereocenters. The summed E-state index contributed by atoms with van der Waals surface area (Å²) in [5.41, 5.74) is 2.95. The Balaban J connectivity index is 1.46. The van der Waals surface area contributed by atoms with E-state index in [0.717, 1.165) is 16.7 Å². The van der Waals surface area contributed by atoms with E-state index in [1.165, 1.54) is 11.8 Å². The first-order chi connectivity index (χ1) is 16.1. The van der Waals surface area contributed by atoms with Crippen LogP contribution in [0.15, 0.2) is 77.1 Å². The number of β-lactam (4-membered cyclic amide) rings is 1. The molecule has 1 saturated heterocycles. The van der Waals surface area contributed by atoms with Crippen molar-refractivity contribution in [3.8, 4) is 0 Å². The summed E-state index contributed by atoms with van der Waals surface area (Å²) >= 11 is 3.10. The predicted molar refractivity (Wildman–Crippen MR) is 125 cm³/mol. The average Bonchev–Trinajstić information content (AvgIpc) is 3.26. The Labute approximate surface area is 199 Å². The molecule has 168 valence electrons. The number of rotatable bonds is 7. The second-order valence-corrected chi connectivity index (χ2v) is 9.77. The molecule has 1 aromatic heterocycles. The smallest absolute Gasteiger partial charge is 0.356 e. The van der Waals surface area contributed by atoms with Gasteiger partial charge in [-0.15, -0.1) is 16.9 Å². The first-order valence-electron chi connectivity index (χ1n) is 10.4. The fraction of sp³-hybridized carbons (Fsp3) is 0.261. The highest BCUT2D eigenvalue weighted by atomic mass is 32.2. The average molecular weight is 480 g/mol.